The van der Waals surface area contributed by atoms with Crippen LogP contribution >= 0.6 is 0 Å². The van der Waals surface area contributed by atoms with Crippen molar-refractivity contribution in [1.29, 1.82) is 0 Å². The van der Waals surface area contributed by atoms with Crippen molar-refractivity contribution in [3.63, 3.8) is 0 Å². The number of aliphatic hydroxyl groups excluding tert-OH is 5. The van der Waals surface area contributed by atoms with Gasteiger partial charge in [0, 0.05) is 17.6 Å². The summed E-state index contributed by atoms with van der Waals surface area (Å²) in [5.41, 5.74) is 2.98. The maximum Gasteiger partial charge on any atom is 0.334 e. The Morgan fingerprint density at radius 2 is 1.86 bits per heavy atom. The number of carbonyl (C=O) groups is 1. The minimum atomic E-state index is -1.54. The topological polar surface area (TPSA) is 166 Å². The standard InChI is InChI=1S/C33H46O10/c1-15-17(14-41-32-30(39)29(38)28(37)26(13-34)43-32)11-25(42-31(15)40)16(2)21-7-8-22-20-12-24(36)19-5-4-6-23(35)27(19)18(20)9-10-33(21,22)3/h4-6,16,18,20-22,24-26,28-30,32,34-39H,7-14H2,1-3H3. The van der Waals surface area contributed by atoms with E-state index in [0.29, 0.717) is 30.3 Å². The lowest BCUT2D eigenvalue weighted by Gasteiger charge is -2.53. The van der Waals surface area contributed by atoms with Crippen molar-refractivity contribution in [1.82, 2.24) is 0 Å². The van der Waals surface area contributed by atoms with Crippen LogP contribution in [0.2, 0.25) is 0 Å². The number of carbonyl (C=O) groups excluding carboxylic acids is 1. The summed E-state index contributed by atoms with van der Waals surface area (Å²) in [4.78, 5) is 13.0. The number of hydrogen-bond acceptors (Lipinski definition) is 10. The van der Waals surface area contributed by atoms with Crippen LogP contribution in [0.4, 0.5) is 0 Å². The van der Waals surface area contributed by atoms with E-state index < -0.39 is 49.4 Å². The molecule has 10 heteroatoms. The van der Waals surface area contributed by atoms with Crippen LogP contribution in [0, 0.1) is 29.1 Å². The molecule has 2 aliphatic heterocycles. The van der Waals surface area contributed by atoms with Crippen LogP contribution in [0.25, 0.3) is 0 Å². The number of phenolic OH excluding ortho intramolecular Hbond substituents is 1. The highest BCUT2D eigenvalue weighted by atomic mass is 16.7. The monoisotopic (exact) mass is 602 g/mol. The van der Waals surface area contributed by atoms with E-state index in [1.54, 1.807) is 13.0 Å². The zero-order chi connectivity index (χ0) is 30.8. The smallest absolute Gasteiger partial charge is 0.334 e. The van der Waals surface area contributed by atoms with Gasteiger partial charge in [-0.05, 0) is 91.2 Å². The number of cyclic esters (lactones) is 1. The first-order valence-corrected chi connectivity index (χ1v) is 15.8. The van der Waals surface area contributed by atoms with E-state index >= 15 is 0 Å². The average Bonchev–Trinajstić information content (AvgIpc) is 3.34. The SMILES string of the molecule is CC1=C(COC2OC(CO)C(O)C(O)C2O)CC(C(C)C2CCC3C4CC(O)c5cccc(O)c5C4CCC23C)OC1=O. The maximum atomic E-state index is 13.0. The first kappa shape index (κ1) is 31.0. The molecule has 1 saturated heterocycles. The van der Waals surface area contributed by atoms with E-state index in [4.69, 9.17) is 14.2 Å². The molecule has 1 aromatic carbocycles. The van der Waals surface area contributed by atoms with Crippen LogP contribution in [-0.4, -0.2) is 86.6 Å². The van der Waals surface area contributed by atoms with Gasteiger partial charge in [-0.25, -0.2) is 4.79 Å². The molecule has 3 fully saturated rings. The summed E-state index contributed by atoms with van der Waals surface area (Å²) in [5.74, 6) is 1.17. The number of phenols is 1. The molecule has 238 valence electrons. The van der Waals surface area contributed by atoms with E-state index in [1.807, 2.05) is 12.1 Å². The van der Waals surface area contributed by atoms with Crippen molar-refractivity contribution >= 4 is 5.97 Å². The predicted molar refractivity (Wildman–Crippen MR) is 154 cm³/mol. The first-order valence-electron chi connectivity index (χ1n) is 15.8. The van der Waals surface area contributed by atoms with Gasteiger partial charge in [-0.3, -0.25) is 0 Å². The van der Waals surface area contributed by atoms with Gasteiger partial charge in [0.05, 0.1) is 19.3 Å². The van der Waals surface area contributed by atoms with Crippen molar-refractivity contribution < 1.29 is 49.6 Å². The Labute approximate surface area is 252 Å². The Balaban J connectivity index is 1.15. The van der Waals surface area contributed by atoms with Gasteiger partial charge in [0.15, 0.2) is 6.29 Å². The van der Waals surface area contributed by atoms with Crippen LogP contribution < -0.4 is 0 Å². The van der Waals surface area contributed by atoms with E-state index in [1.165, 1.54) is 0 Å². The Hall–Kier alpha value is -2.05. The summed E-state index contributed by atoms with van der Waals surface area (Å²) in [6, 6.07) is 5.48. The highest BCUT2D eigenvalue weighted by Gasteiger charge is 2.58. The third kappa shape index (κ3) is 5.13. The molecular weight excluding hydrogens is 556 g/mol. The molecule has 1 aromatic rings. The Morgan fingerprint density at radius 3 is 2.60 bits per heavy atom. The molecule has 0 bridgehead atoms. The number of benzene rings is 1. The third-order valence-corrected chi connectivity index (χ3v) is 11.9. The number of fused-ring (bicyclic) bond motifs is 5. The van der Waals surface area contributed by atoms with Crippen LogP contribution in [0.15, 0.2) is 29.3 Å². The van der Waals surface area contributed by atoms with Gasteiger partial charge in [-0.1, -0.05) is 26.0 Å². The lowest BCUT2D eigenvalue weighted by molar-refractivity contribution is -0.299. The summed E-state index contributed by atoms with van der Waals surface area (Å²) in [5, 5.41) is 61.9. The number of aromatic hydroxyl groups is 1. The summed E-state index contributed by atoms with van der Waals surface area (Å²) < 4.78 is 17.3. The molecule has 2 heterocycles. The van der Waals surface area contributed by atoms with Crippen LogP contribution in [0.3, 0.4) is 0 Å². The second-order valence-corrected chi connectivity index (χ2v) is 13.9. The van der Waals surface area contributed by atoms with Crippen LogP contribution in [0.5, 0.6) is 5.75 Å². The summed E-state index contributed by atoms with van der Waals surface area (Å²) in [6.45, 7) is 5.64. The van der Waals surface area contributed by atoms with E-state index in [-0.39, 0.29) is 41.6 Å². The normalized spacial score (nSPS) is 43.4. The predicted octanol–water partition coefficient (Wildman–Crippen LogP) is 2.44. The quantitative estimate of drug-likeness (QED) is 0.266. The third-order valence-electron chi connectivity index (χ3n) is 11.9. The fourth-order valence-corrected chi connectivity index (χ4v) is 9.44. The molecule has 0 amide bonds. The highest BCUT2D eigenvalue weighted by molar-refractivity contribution is 5.89. The summed E-state index contributed by atoms with van der Waals surface area (Å²) in [7, 11) is 0. The van der Waals surface area contributed by atoms with Crippen molar-refractivity contribution in [2.75, 3.05) is 13.2 Å². The largest absolute Gasteiger partial charge is 0.508 e. The van der Waals surface area contributed by atoms with Gasteiger partial charge in [0.1, 0.15) is 36.3 Å². The molecule has 0 radical (unpaired) electrons. The lowest BCUT2D eigenvalue weighted by Crippen LogP contribution is -2.59. The van der Waals surface area contributed by atoms with Crippen LogP contribution in [-0.2, 0) is 19.0 Å². The second-order valence-electron chi connectivity index (χ2n) is 13.9. The van der Waals surface area contributed by atoms with Gasteiger partial charge < -0.3 is 44.8 Å². The van der Waals surface area contributed by atoms with Gasteiger partial charge in [-0.15, -0.1) is 0 Å². The highest BCUT2D eigenvalue weighted by Crippen LogP contribution is 2.66. The fraction of sp³-hybridized carbons (Fsp3) is 0.727. The van der Waals surface area contributed by atoms with Crippen molar-refractivity contribution in [3.05, 3.63) is 40.5 Å². The van der Waals surface area contributed by atoms with Gasteiger partial charge in [0.2, 0.25) is 0 Å². The average molecular weight is 603 g/mol. The van der Waals surface area contributed by atoms with Crippen LogP contribution in [0.1, 0.15) is 82.4 Å². The molecule has 43 heavy (non-hydrogen) atoms. The molecule has 5 aliphatic rings. The maximum absolute atomic E-state index is 13.0. The van der Waals surface area contributed by atoms with E-state index in [2.05, 4.69) is 13.8 Å². The molecule has 2 saturated carbocycles. The Morgan fingerprint density at radius 1 is 1.09 bits per heavy atom. The number of aliphatic hydroxyl groups is 5. The Kier molecular flexibility index (Phi) is 8.43. The summed E-state index contributed by atoms with van der Waals surface area (Å²) in [6.07, 6.45) is -2.66. The van der Waals surface area contributed by atoms with Gasteiger partial charge >= 0.3 is 5.97 Å². The Bertz CT molecular complexity index is 1250. The fourth-order valence-electron chi connectivity index (χ4n) is 9.44. The zero-order valence-corrected chi connectivity index (χ0v) is 25.1. The van der Waals surface area contributed by atoms with E-state index in [9.17, 15) is 35.4 Å². The molecule has 0 aromatic heterocycles. The van der Waals surface area contributed by atoms with E-state index in [0.717, 1.165) is 42.4 Å². The minimum absolute atomic E-state index is 0.0117. The lowest BCUT2D eigenvalue weighted by atomic mass is 9.52. The second kappa shape index (κ2) is 11.7. The van der Waals surface area contributed by atoms with Crippen molar-refractivity contribution in [2.24, 2.45) is 29.1 Å². The summed E-state index contributed by atoms with van der Waals surface area (Å²) >= 11 is 0. The molecule has 6 N–H and O–H groups in total. The molecule has 6 rings (SSSR count). The van der Waals surface area contributed by atoms with Crippen molar-refractivity contribution in [3.8, 4) is 5.75 Å². The molecule has 0 spiro atoms. The first-order chi connectivity index (χ1) is 20.5. The van der Waals surface area contributed by atoms with Crippen molar-refractivity contribution in [2.45, 2.75) is 108 Å². The minimum Gasteiger partial charge on any atom is -0.508 e. The number of ether oxygens (including phenoxy) is 3. The van der Waals surface area contributed by atoms with Gasteiger partial charge in [0.25, 0.3) is 0 Å². The number of hydrogen-bond donors (Lipinski definition) is 6. The molecule has 13 unspecified atom stereocenters. The zero-order valence-electron chi connectivity index (χ0n) is 25.1. The molecule has 10 nitrogen and oxygen atoms in total. The molecular formula is C33H46O10. The number of esters is 1. The molecule has 3 aliphatic carbocycles. The number of rotatable bonds is 6. The molecule has 13 atom stereocenters. The van der Waals surface area contributed by atoms with Gasteiger partial charge in [-0.2, -0.15) is 0 Å².